The smallest absolute Gasteiger partial charge is 0.267 e. The van der Waals surface area contributed by atoms with Crippen LogP contribution in [0.5, 0.6) is 0 Å². The van der Waals surface area contributed by atoms with Crippen LogP contribution in [0.4, 0.5) is 8.78 Å². The lowest BCUT2D eigenvalue weighted by molar-refractivity contribution is 0.0955. The van der Waals surface area contributed by atoms with Crippen molar-refractivity contribution in [2.45, 2.75) is 0 Å². The minimum absolute atomic E-state index is 0.0339. The zero-order chi connectivity index (χ0) is 13.7. The molecular weight excluding hydrogens is 250 g/mol. The maximum atomic E-state index is 13.3. The molecule has 0 aliphatic rings. The van der Waals surface area contributed by atoms with Gasteiger partial charge in [-0.2, -0.15) is 5.10 Å². The molecule has 0 heterocycles. The summed E-state index contributed by atoms with van der Waals surface area (Å²) >= 11 is 0. The summed E-state index contributed by atoms with van der Waals surface area (Å²) in [6, 6.07) is 12.2. The van der Waals surface area contributed by atoms with Gasteiger partial charge >= 0.3 is 0 Å². The lowest BCUT2D eigenvalue weighted by Gasteiger charge is -1.99. The summed E-state index contributed by atoms with van der Waals surface area (Å²) in [5.74, 6) is -2.38. The topological polar surface area (TPSA) is 41.5 Å². The van der Waals surface area contributed by atoms with E-state index in [0.717, 1.165) is 12.3 Å². The second kappa shape index (κ2) is 5.86. The van der Waals surface area contributed by atoms with Crippen molar-refractivity contribution in [3.8, 4) is 0 Å². The van der Waals surface area contributed by atoms with Gasteiger partial charge in [0, 0.05) is 11.1 Å². The number of nitrogens with zero attached hydrogens (tertiary/aromatic N) is 1. The Morgan fingerprint density at radius 3 is 2.53 bits per heavy atom. The summed E-state index contributed by atoms with van der Waals surface area (Å²) < 4.78 is 26.2. The van der Waals surface area contributed by atoms with Gasteiger partial charge in [0.15, 0.2) is 11.6 Å². The van der Waals surface area contributed by atoms with Gasteiger partial charge in [0.05, 0.1) is 6.21 Å². The Hall–Kier alpha value is -2.56. The van der Waals surface area contributed by atoms with Gasteiger partial charge in [-0.05, 0) is 18.2 Å². The van der Waals surface area contributed by atoms with Crippen LogP contribution in [-0.2, 0) is 0 Å². The van der Waals surface area contributed by atoms with Gasteiger partial charge in [-0.25, -0.2) is 14.2 Å². The summed E-state index contributed by atoms with van der Waals surface area (Å²) in [7, 11) is 0. The van der Waals surface area contributed by atoms with Gasteiger partial charge in [-0.15, -0.1) is 0 Å². The zero-order valence-corrected chi connectivity index (χ0v) is 9.81. The first-order chi connectivity index (χ1) is 9.18. The van der Waals surface area contributed by atoms with Crippen molar-refractivity contribution in [3.05, 3.63) is 71.3 Å². The molecular formula is C14H10F2N2O. The van der Waals surface area contributed by atoms with Crippen molar-refractivity contribution in [1.82, 2.24) is 5.43 Å². The molecule has 0 aliphatic carbocycles. The molecule has 0 saturated heterocycles. The minimum atomic E-state index is -1.000. The van der Waals surface area contributed by atoms with Gasteiger partial charge in [-0.1, -0.05) is 30.3 Å². The van der Waals surface area contributed by atoms with Crippen LogP contribution in [0.1, 0.15) is 15.9 Å². The van der Waals surface area contributed by atoms with Crippen LogP contribution in [0.2, 0.25) is 0 Å². The third kappa shape index (κ3) is 3.22. The number of carbonyl (C=O) groups is 1. The van der Waals surface area contributed by atoms with Crippen LogP contribution in [0.3, 0.4) is 0 Å². The Kier molecular flexibility index (Phi) is 3.97. The molecule has 5 heteroatoms. The van der Waals surface area contributed by atoms with E-state index < -0.39 is 17.5 Å². The molecule has 2 rings (SSSR count). The molecule has 3 nitrogen and oxygen atoms in total. The van der Waals surface area contributed by atoms with Crippen molar-refractivity contribution in [2.75, 3.05) is 0 Å². The molecule has 0 aromatic heterocycles. The second-order valence-electron chi connectivity index (χ2n) is 3.71. The van der Waals surface area contributed by atoms with E-state index in [9.17, 15) is 13.6 Å². The number of benzene rings is 2. The van der Waals surface area contributed by atoms with Gasteiger partial charge in [0.25, 0.3) is 5.91 Å². The van der Waals surface area contributed by atoms with E-state index in [1.165, 1.54) is 12.1 Å². The van der Waals surface area contributed by atoms with Crippen LogP contribution in [-0.4, -0.2) is 12.1 Å². The molecule has 0 spiro atoms. The van der Waals surface area contributed by atoms with E-state index in [1.54, 1.807) is 30.3 Å². The number of amides is 1. The number of nitrogens with one attached hydrogen (secondary N) is 1. The number of hydrogen-bond donors (Lipinski definition) is 1. The molecule has 0 bridgehead atoms. The fraction of sp³-hybridized carbons (Fsp3) is 0. The van der Waals surface area contributed by atoms with Crippen LogP contribution >= 0.6 is 0 Å². The maximum Gasteiger partial charge on any atom is 0.271 e. The van der Waals surface area contributed by atoms with Gasteiger partial charge in [0.2, 0.25) is 0 Å². The maximum absolute atomic E-state index is 13.3. The third-order valence-corrected chi connectivity index (χ3v) is 2.39. The van der Waals surface area contributed by atoms with E-state index in [4.69, 9.17) is 0 Å². The molecule has 0 atom stereocenters. The Morgan fingerprint density at radius 1 is 1.05 bits per heavy atom. The van der Waals surface area contributed by atoms with E-state index in [-0.39, 0.29) is 5.56 Å². The SMILES string of the molecule is O=C(N/N=C/c1cccc(F)c1F)c1ccccc1. The van der Waals surface area contributed by atoms with Crippen molar-refractivity contribution in [2.24, 2.45) is 5.10 Å². The predicted molar refractivity (Wildman–Crippen MR) is 67.9 cm³/mol. The average Bonchev–Trinajstić information content (AvgIpc) is 2.44. The molecule has 2 aromatic carbocycles. The number of hydrazone groups is 1. The quantitative estimate of drug-likeness (QED) is 0.669. The van der Waals surface area contributed by atoms with Crippen molar-refractivity contribution < 1.29 is 13.6 Å². The van der Waals surface area contributed by atoms with Crippen LogP contribution in [0, 0.1) is 11.6 Å². The first-order valence-corrected chi connectivity index (χ1v) is 5.51. The zero-order valence-electron chi connectivity index (χ0n) is 9.81. The highest BCUT2D eigenvalue weighted by Gasteiger charge is 2.05. The molecule has 0 unspecified atom stereocenters. The summed E-state index contributed by atoms with van der Waals surface area (Å²) in [6.07, 6.45) is 1.05. The number of rotatable bonds is 3. The van der Waals surface area contributed by atoms with Crippen molar-refractivity contribution >= 4 is 12.1 Å². The summed E-state index contributed by atoms with van der Waals surface area (Å²) in [5, 5.41) is 3.59. The minimum Gasteiger partial charge on any atom is -0.267 e. The third-order valence-electron chi connectivity index (χ3n) is 2.39. The molecule has 0 saturated carbocycles. The number of carbonyl (C=O) groups excluding carboxylic acids is 1. The highest BCUT2D eigenvalue weighted by atomic mass is 19.2. The van der Waals surface area contributed by atoms with E-state index in [2.05, 4.69) is 10.5 Å². The Balaban J connectivity index is 2.05. The second-order valence-corrected chi connectivity index (χ2v) is 3.71. The first kappa shape index (κ1) is 12.9. The van der Waals surface area contributed by atoms with Crippen LogP contribution in [0.25, 0.3) is 0 Å². The number of hydrogen-bond acceptors (Lipinski definition) is 2. The van der Waals surface area contributed by atoms with Crippen molar-refractivity contribution in [3.63, 3.8) is 0 Å². The molecule has 0 radical (unpaired) electrons. The number of halogens is 2. The fourth-order valence-corrected chi connectivity index (χ4v) is 1.43. The van der Waals surface area contributed by atoms with E-state index >= 15 is 0 Å². The summed E-state index contributed by atoms with van der Waals surface area (Å²) in [4.78, 5) is 11.6. The van der Waals surface area contributed by atoms with Gasteiger partial charge < -0.3 is 0 Å². The van der Waals surface area contributed by atoms with E-state index in [0.29, 0.717) is 5.56 Å². The van der Waals surface area contributed by atoms with Gasteiger partial charge in [0.1, 0.15) is 0 Å². The fourth-order valence-electron chi connectivity index (χ4n) is 1.43. The summed E-state index contributed by atoms with van der Waals surface area (Å²) in [5.41, 5.74) is 2.63. The lowest BCUT2D eigenvalue weighted by atomic mass is 10.2. The molecule has 1 N–H and O–H groups in total. The Morgan fingerprint density at radius 2 is 1.79 bits per heavy atom. The average molecular weight is 260 g/mol. The Labute approximate surface area is 108 Å². The standard InChI is InChI=1S/C14H10F2N2O/c15-12-8-4-7-11(13(12)16)9-17-18-14(19)10-5-2-1-3-6-10/h1-9H,(H,18,19)/b17-9+. The largest absolute Gasteiger partial charge is 0.271 e. The molecule has 96 valence electrons. The van der Waals surface area contributed by atoms with Crippen molar-refractivity contribution in [1.29, 1.82) is 0 Å². The first-order valence-electron chi connectivity index (χ1n) is 5.51. The molecule has 2 aromatic rings. The summed E-state index contributed by atoms with van der Waals surface area (Å²) in [6.45, 7) is 0. The molecule has 0 fully saturated rings. The normalized spacial score (nSPS) is 10.6. The predicted octanol–water partition coefficient (Wildman–Crippen LogP) is 2.73. The highest BCUT2D eigenvalue weighted by Crippen LogP contribution is 2.08. The Bertz CT molecular complexity index is 612. The lowest BCUT2D eigenvalue weighted by Crippen LogP contribution is -2.17. The molecule has 19 heavy (non-hydrogen) atoms. The highest BCUT2D eigenvalue weighted by molar-refractivity contribution is 5.94. The molecule has 1 amide bonds. The monoisotopic (exact) mass is 260 g/mol. The van der Waals surface area contributed by atoms with Crippen LogP contribution < -0.4 is 5.43 Å². The molecule has 0 aliphatic heterocycles. The van der Waals surface area contributed by atoms with Crippen LogP contribution in [0.15, 0.2) is 53.6 Å². The van der Waals surface area contributed by atoms with E-state index in [1.807, 2.05) is 0 Å². The van der Waals surface area contributed by atoms with Gasteiger partial charge in [-0.3, -0.25) is 4.79 Å².